The van der Waals surface area contributed by atoms with Crippen molar-refractivity contribution in [2.24, 2.45) is 0 Å². The van der Waals surface area contributed by atoms with E-state index < -0.39 is 0 Å². The lowest BCUT2D eigenvalue weighted by atomic mass is 10.1. The Hall–Kier alpha value is -4.19. The quantitative estimate of drug-likeness (QED) is 0.479. The molecule has 158 valence electrons. The molecule has 1 N–H and O–H groups in total. The van der Waals surface area contributed by atoms with Crippen LogP contribution in [0.2, 0.25) is 0 Å². The molecule has 0 fully saturated rings. The van der Waals surface area contributed by atoms with Gasteiger partial charge in [-0.05, 0) is 41.3 Å². The van der Waals surface area contributed by atoms with Gasteiger partial charge >= 0.3 is 0 Å². The summed E-state index contributed by atoms with van der Waals surface area (Å²) in [4.78, 5) is 39.4. The Kier molecular flexibility index (Phi) is 5.03. The monoisotopic (exact) mass is 423 g/mol. The molecule has 2 heterocycles. The molecule has 0 aliphatic carbocycles. The van der Waals surface area contributed by atoms with Gasteiger partial charge in [0.05, 0.1) is 17.7 Å². The average molecular weight is 423 g/mol. The van der Waals surface area contributed by atoms with Crippen molar-refractivity contribution < 1.29 is 14.4 Å². The number of fused-ring (bicyclic) bond motifs is 2. The first-order chi connectivity index (χ1) is 15.6. The van der Waals surface area contributed by atoms with Gasteiger partial charge in [-0.25, -0.2) is 0 Å². The molecule has 0 saturated carbocycles. The fourth-order valence-corrected chi connectivity index (χ4v) is 4.07. The van der Waals surface area contributed by atoms with E-state index in [2.05, 4.69) is 9.88 Å². The molecule has 0 atom stereocenters. The van der Waals surface area contributed by atoms with Crippen LogP contribution in [0.3, 0.4) is 0 Å². The van der Waals surface area contributed by atoms with Crippen LogP contribution in [0.5, 0.6) is 0 Å². The summed E-state index contributed by atoms with van der Waals surface area (Å²) in [7, 11) is 0. The number of hydrogen-bond acceptors (Lipinski definition) is 3. The number of aromatic nitrogens is 1. The Morgan fingerprint density at radius 1 is 0.812 bits per heavy atom. The molecule has 3 amide bonds. The van der Waals surface area contributed by atoms with E-state index in [9.17, 15) is 14.4 Å². The van der Waals surface area contributed by atoms with Crippen molar-refractivity contribution in [2.45, 2.75) is 13.1 Å². The molecule has 0 saturated heterocycles. The van der Waals surface area contributed by atoms with E-state index in [1.807, 2.05) is 66.9 Å². The predicted molar refractivity (Wildman–Crippen MR) is 121 cm³/mol. The van der Waals surface area contributed by atoms with Crippen LogP contribution in [0.15, 0.2) is 85.1 Å². The predicted octanol–water partition coefficient (Wildman–Crippen LogP) is 3.87. The molecule has 3 aromatic carbocycles. The first-order valence-corrected chi connectivity index (χ1v) is 10.5. The molecule has 5 rings (SSSR count). The summed E-state index contributed by atoms with van der Waals surface area (Å²) in [5.74, 6) is -0.978. The van der Waals surface area contributed by atoms with Crippen LogP contribution in [0, 0.1) is 0 Å². The highest BCUT2D eigenvalue weighted by Gasteiger charge is 2.35. The van der Waals surface area contributed by atoms with E-state index in [1.165, 1.54) is 11.0 Å². The van der Waals surface area contributed by atoms with Gasteiger partial charge in [0.1, 0.15) is 0 Å². The van der Waals surface area contributed by atoms with E-state index >= 15 is 0 Å². The van der Waals surface area contributed by atoms with Crippen molar-refractivity contribution >= 4 is 28.6 Å². The zero-order valence-corrected chi connectivity index (χ0v) is 17.3. The van der Waals surface area contributed by atoms with Crippen LogP contribution in [0.25, 0.3) is 10.9 Å². The molecule has 1 aliphatic heterocycles. The summed E-state index contributed by atoms with van der Waals surface area (Å²) in [5.41, 5.74) is 2.96. The van der Waals surface area contributed by atoms with Crippen LogP contribution in [0.4, 0.5) is 0 Å². The highest BCUT2D eigenvalue weighted by molar-refractivity contribution is 6.22. The summed E-state index contributed by atoms with van der Waals surface area (Å²) in [6, 6.07) is 24.2. The number of benzene rings is 3. The molecule has 0 spiro atoms. The molecule has 1 aromatic heterocycles. The SMILES string of the molecule is O=C(NCCn1ccc2ccccc21)c1ccc2c(c1)C(=O)N(Cc1ccccc1)C2=O. The van der Waals surface area contributed by atoms with Gasteiger partial charge in [0, 0.05) is 30.4 Å². The molecule has 6 nitrogen and oxygen atoms in total. The lowest BCUT2D eigenvalue weighted by Crippen LogP contribution is -2.29. The van der Waals surface area contributed by atoms with Crippen LogP contribution in [-0.2, 0) is 13.1 Å². The van der Waals surface area contributed by atoms with Gasteiger partial charge < -0.3 is 9.88 Å². The van der Waals surface area contributed by atoms with Crippen LogP contribution in [-0.4, -0.2) is 33.7 Å². The van der Waals surface area contributed by atoms with Crippen molar-refractivity contribution in [3.8, 4) is 0 Å². The molecular weight excluding hydrogens is 402 g/mol. The number of nitrogens with zero attached hydrogens (tertiary/aromatic N) is 2. The largest absolute Gasteiger partial charge is 0.350 e. The molecule has 0 radical (unpaired) electrons. The second-order valence-electron chi connectivity index (χ2n) is 7.77. The summed E-state index contributed by atoms with van der Waals surface area (Å²) < 4.78 is 2.09. The Morgan fingerprint density at radius 2 is 1.56 bits per heavy atom. The number of carbonyl (C=O) groups is 3. The van der Waals surface area contributed by atoms with Crippen LogP contribution in [0.1, 0.15) is 36.6 Å². The van der Waals surface area contributed by atoms with E-state index in [0.717, 1.165) is 16.5 Å². The van der Waals surface area contributed by atoms with E-state index in [4.69, 9.17) is 0 Å². The third kappa shape index (κ3) is 3.56. The second kappa shape index (κ2) is 8.15. The smallest absolute Gasteiger partial charge is 0.261 e. The first kappa shape index (κ1) is 19.8. The zero-order chi connectivity index (χ0) is 22.1. The number of imide groups is 1. The van der Waals surface area contributed by atoms with E-state index in [-0.39, 0.29) is 29.8 Å². The summed E-state index contributed by atoms with van der Waals surface area (Å²) >= 11 is 0. The number of nitrogens with one attached hydrogen (secondary N) is 1. The average Bonchev–Trinajstić information content (AvgIpc) is 3.34. The highest BCUT2D eigenvalue weighted by atomic mass is 16.2. The molecule has 4 aromatic rings. The third-order valence-electron chi connectivity index (χ3n) is 5.73. The first-order valence-electron chi connectivity index (χ1n) is 10.5. The molecule has 32 heavy (non-hydrogen) atoms. The Bertz CT molecular complexity index is 1340. The maximum absolute atomic E-state index is 12.9. The summed E-state index contributed by atoms with van der Waals surface area (Å²) in [6.07, 6.45) is 2.00. The Morgan fingerprint density at radius 3 is 2.41 bits per heavy atom. The summed E-state index contributed by atoms with van der Waals surface area (Å²) in [6.45, 7) is 1.29. The van der Waals surface area contributed by atoms with Gasteiger partial charge in [0.25, 0.3) is 17.7 Å². The van der Waals surface area contributed by atoms with Gasteiger partial charge in [-0.15, -0.1) is 0 Å². The normalized spacial score (nSPS) is 12.9. The Balaban J connectivity index is 1.27. The number of para-hydroxylation sites is 1. The van der Waals surface area contributed by atoms with Gasteiger partial charge in [-0.2, -0.15) is 0 Å². The van der Waals surface area contributed by atoms with Gasteiger partial charge in [0.2, 0.25) is 0 Å². The number of amides is 3. The topological polar surface area (TPSA) is 71.4 Å². The number of hydrogen-bond donors (Lipinski definition) is 1. The standard InChI is InChI=1S/C26H21N3O3/c30-24(27-13-15-28-14-12-19-8-4-5-9-23(19)28)20-10-11-21-22(16-20)26(32)29(25(21)31)17-18-6-2-1-3-7-18/h1-12,14,16H,13,15,17H2,(H,27,30). The van der Waals surface area contributed by atoms with E-state index in [1.54, 1.807) is 12.1 Å². The molecular formula is C26H21N3O3. The molecule has 6 heteroatoms. The minimum absolute atomic E-state index is 0.208. The maximum atomic E-state index is 12.9. The van der Waals surface area contributed by atoms with Crippen molar-refractivity contribution in [1.82, 2.24) is 14.8 Å². The second-order valence-corrected chi connectivity index (χ2v) is 7.77. The maximum Gasteiger partial charge on any atom is 0.261 e. The molecule has 0 bridgehead atoms. The minimum Gasteiger partial charge on any atom is -0.350 e. The lowest BCUT2D eigenvalue weighted by molar-refractivity contribution is 0.0642. The van der Waals surface area contributed by atoms with Crippen molar-refractivity contribution in [3.63, 3.8) is 0 Å². The number of rotatable bonds is 6. The fraction of sp³-hybridized carbons (Fsp3) is 0.115. The molecule has 0 unspecified atom stereocenters. The van der Waals surface area contributed by atoms with Crippen molar-refractivity contribution in [2.75, 3.05) is 6.54 Å². The highest BCUT2D eigenvalue weighted by Crippen LogP contribution is 2.25. The van der Waals surface area contributed by atoms with E-state index in [0.29, 0.717) is 24.2 Å². The van der Waals surface area contributed by atoms with Crippen LogP contribution >= 0.6 is 0 Å². The lowest BCUT2D eigenvalue weighted by Gasteiger charge is -2.13. The van der Waals surface area contributed by atoms with Gasteiger partial charge in [-0.3, -0.25) is 19.3 Å². The van der Waals surface area contributed by atoms with Crippen molar-refractivity contribution in [1.29, 1.82) is 0 Å². The summed E-state index contributed by atoms with van der Waals surface area (Å²) in [5, 5.41) is 4.05. The van der Waals surface area contributed by atoms with Crippen LogP contribution < -0.4 is 5.32 Å². The third-order valence-corrected chi connectivity index (χ3v) is 5.73. The Labute approximate surface area is 185 Å². The van der Waals surface area contributed by atoms with Gasteiger partial charge in [-0.1, -0.05) is 48.5 Å². The zero-order valence-electron chi connectivity index (χ0n) is 17.3. The number of carbonyl (C=O) groups excluding carboxylic acids is 3. The fourth-order valence-electron chi connectivity index (χ4n) is 4.07. The molecule has 1 aliphatic rings. The minimum atomic E-state index is -0.373. The van der Waals surface area contributed by atoms with Crippen molar-refractivity contribution in [3.05, 3.63) is 107 Å². The van der Waals surface area contributed by atoms with Gasteiger partial charge in [0.15, 0.2) is 0 Å².